The van der Waals surface area contributed by atoms with Gasteiger partial charge in [-0.1, -0.05) is 146 Å². The lowest BCUT2D eigenvalue weighted by Gasteiger charge is -2.40. The largest absolute Gasteiger partial charge is 0.394 e. The molecule has 8 atom stereocenters. The Morgan fingerprint density at radius 2 is 1.27 bits per heavy atom. The van der Waals surface area contributed by atoms with E-state index in [2.05, 4.69) is 32.2 Å². The van der Waals surface area contributed by atoms with Crippen LogP contribution in [0.25, 0.3) is 0 Å². The summed E-state index contributed by atoms with van der Waals surface area (Å²) in [6, 6.07) is -1.03. The minimum atomic E-state index is -1.62. The van der Waals surface area contributed by atoms with Crippen molar-refractivity contribution < 1.29 is 44.9 Å². The van der Waals surface area contributed by atoms with E-state index < -0.39 is 61.5 Å². The number of nitrogens with one attached hydrogen (secondary N) is 1. The van der Waals surface area contributed by atoms with Gasteiger partial charge in [-0.15, -0.1) is 0 Å². The summed E-state index contributed by atoms with van der Waals surface area (Å²) in [7, 11) is 0. The van der Waals surface area contributed by atoms with Crippen LogP contribution in [0.4, 0.5) is 0 Å². The number of aliphatic hydroxyl groups is 6. The molecule has 1 rings (SSSR count). The molecule has 0 spiro atoms. The Morgan fingerprint density at radius 3 is 1.86 bits per heavy atom. The molecule has 1 amide bonds. The van der Waals surface area contributed by atoms with Crippen molar-refractivity contribution in [1.29, 1.82) is 0 Å². The van der Waals surface area contributed by atoms with Crippen molar-refractivity contribution in [3.05, 3.63) is 36.0 Å². The molecule has 8 unspecified atom stereocenters. The first-order valence-electron chi connectivity index (χ1n) is 20.2. The minimum Gasteiger partial charge on any atom is -0.394 e. The molecule has 10 nitrogen and oxygen atoms in total. The van der Waals surface area contributed by atoms with E-state index in [0.29, 0.717) is 6.42 Å². The van der Waals surface area contributed by atoms with E-state index in [1.54, 1.807) is 12.2 Å². The zero-order valence-corrected chi connectivity index (χ0v) is 32.2. The Balaban J connectivity index is 2.63. The normalized spacial score (nSPS) is 23.2. The molecule has 7 N–H and O–H groups in total. The van der Waals surface area contributed by atoms with Gasteiger partial charge in [-0.3, -0.25) is 4.79 Å². The first-order chi connectivity index (χ1) is 24.7. The number of carbonyl (C=O) groups is 1. The molecule has 1 aliphatic heterocycles. The summed E-state index contributed by atoms with van der Waals surface area (Å²) in [5.41, 5.74) is 1.35. The Bertz CT molecular complexity index is 940. The second kappa shape index (κ2) is 30.8. The number of rotatable bonds is 31. The molecule has 1 saturated heterocycles. The van der Waals surface area contributed by atoms with E-state index in [9.17, 15) is 35.4 Å². The summed E-state index contributed by atoms with van der Waals surface area (Å²) in [5, 5.41) is 64.3. The van der Waals surface area contributed by atoms with Crippen LogP contribution in [-0.2, 0) is 14.3 Å². The number of allylic oxidation sites excluding steroid dienone is 4. The van der Waals surface area contributed by atoms with E-state index in [-0.39, 0.29) is 6.61 Å². The van der Waals surface area contributed by atoms with Crippen LogP contribution in [0.1, 0.15) is 156 Å². The predicted octanol–water partition coefficient (Wildman–Crippen LogP) is 6.30. The van der Waals surface area contributed by atoms with Gasteiger partial charge in [0, 0.05) is 0 Å². The van der Waals surface area contributed by atoms with Crippen molar-refractivity contribution in [3.63, 3.8) is 0 Å². The van der Waals surface area contributed by atoms with Crippen LogP contribution in [0, 0.1) is 0 Å². The fourth-order valence-corrected chi connectivity index (χ4v) is 6.22. The van der Waals surface area contributed by atoms with Crippen molar-refractivity contribution >= 4 is 5.91 Å². The highest BCUT2D eigenvalue weighted by Crippen LogP contribution is 2.22. The summed E-state index contributed by atoms with van der Waals surface area (Å²) in [5.74, 6) is -0.715. The van der Waals surface area contributed by atoms with Gasteiger partial charge in [0.1, 0.15) is 24.4 Å². The smallest absolute Gasteiger partial charge is 0.253 e. The van der Waals surface area contributed by atoms with E-state index in [4.69, 9.17) is 9.47 Å². The van der Waals surface area contributed by atoms with Gasteiger partial charge in [0.2, 0.25) is 0 Å². The molecular formula is C41H75NO9. The van der Waals surface area contributed by atoms with Crippen LogP contribution in [-0.4, -0.2) is 98.7 Å². The van der Waals surface area contributed by atoms with Gasteiger partial charge in [0.25, 0.3) is 5.91 Å². The van der Waals surface area contributed by atoms with Gasteiger partial charge in [0.05, 0.1) is 25.4 Å². The molecule has 0 radical (unpaired) electrons. The van der Waals surface area contributed by atoms with Crippen LogP contribution in [0.5, 0.6) is 0 Å². The summed E-state index contributed by atoms with van der Waals surface area (Å²) >= 11 is 0. The number of ether oxygens (including phenoxy) is 2. The maximum Gasteiger partial charge on any atom is 0.253 e. The van der Waals surface area contributed by atoms with Gasteiger partial charge >= 0.3 is 0 Å². The van der Waals surface area contributed by atoms with Crippen molar-refractivity contribution in [3.8, 4) is 0 Å². The molecule has 0 aliphatic carbocycles. The Labute approximate surface area is 309 Å². The van der Waals surface area contributed by atoms with E-state index in [1.165, 1.54) is 108 Å². The number of hydrogen-bond acceptors (Lipinski definition) is 9. The van der Waals surface area contributed by atoms with Crippen LogP contribution in [0.2, 0.25) is 0 Å². The fourth-order valence-electron chi connectivity index (χ4n) is 6.22. The molecule has 0 aromatic rings. The molecule has 1 heterocycles. The van der Waals surface area contributed by atoms with Gasteiger partial charge in [-0.05, 0) is 45.4 Å². The third-order valence-electron chi connectivity index (χ3n) is 9.67. The molecule has 0 aromatic carbocycles. The van der Waals surface area contributed by atoms with E-state index >= 15 is 0 Å². The van der Waals surface area contributed by atoms with E-state index in [0.717, 1.165) is 32.1 Å². The Morgan fingerprint density at radius 1 is 0.725 bits per heavy atom. The lowest BCUT2D eigenvalue weighted by molar-refractivity contribution is -0.302. The van der Waals surface area contributed by atoms with Crippen molar-refractivity contribution in [2.45, 2.75) is 205 Å². The van der Waals surface area contributed by atoms with Crippen molar-refractivity contribution in [2.75, 3.05) is 13.2 Å². The summed E-state index contributed by atoms with van der Waals surface area (Å²) in [6.07, 6.45) is 23.5. The molecule has 51 heavy (non-hydrogen) atoms. The van der Waals surface area contributed by atoms with Gasteiger partial charge in [0.15, 0.2) is 12.4 Å². The third-order valence-corrected chi connectivity index (χ3v) is 9.67. The lowest BCUT2D eigenvalue weighted by Crippen LogP contribution is -2.60. The van der Waals surface area contributed by atoms with Crippen molar-refractivity contribution in [1.82, 2.24) is 5.32 Å². The SMILES string of the molecule is CCCCCCCCCCCC/C=C/C(O)C(=O)NC(COC1OC(CO)C(O)C(O)C1O)C(O)/C=C/CC/C=C(\C)CCCCCCCCC. The first-order valence-corrected chi connectivity index (χ1v) is 20.2. The van der Waals surface area contributed by atoms with Gasteiger partial charge in [-0.2, -0.15) is 0 Å². The number of amides is 1. The van der Waals surface area contributed by atoms with Crippen LogP contribution in [0.15, 0.2) is 36.0 Å². The fraction of sp³-hybridized carbons (Fsp3) is 0.829. The second-order valence-corrected chi connectivity index (χ2v) is 14.4. The monoisotopic (exact) mass is 726 g/mol. The van der Waals surface area contributed by atoms with E-state index in [1.807, 2.05) is 6.08 Å². The average molecular weight is 726 g/mol. The zero-order valence-electron chi connectivity index (χ0n) is 32.2. The quantitative estimate of drug-likeness (QED) is 0.0320. The predicted molar refractivity (Wildman–Crippen MR) is 204 cm³/mol. The molecule has 0 bridgehead atoms. The molecular weight excluding hydrogens is 650 g/mol. The molecule has 0 aromatic heterocycles. The van der Waals surface area contributed by atoms with Gasteiger partial charge < -0.3 is 45.4 Å². The summed E-state index contributed by atoms with van der Waals surface area (Å²) in [6.45, 7) is 5.65. The number of hydrogen-bond donors (Lipinski definition) is 7. The highest BCUT2D eigenvalue weighted by atomic mass is 16.7. The van der Waals surface area contributed by atoms with Gasteiger partial charge in [-0.25, -0.2) is 0 Å². The van der Waals surface area contributed by atoms with Crippen LogP contribution in [0.3, 0.4) is 0 Å². The third kappa shape index (κ3) is 22.2. The molecule has 1 aliphatic rings. The highest BCUT2D eigenvalue weighted by Gasteiger charge is 2.44. The molecule has 1 fully saturated rings. The van der Waals surface area contributed by atoms with Crippen molar-refractivity contribution in [2.24, 2.45) is 0 Å². The Hall–Kier alpha value is -1.63. The maximum atomic E-state index is 12.9. The number of unbranched alkanes of at least 4 members (excludes halogenated alkanes) is 17. The standard InChI is InChI=1S/C41H75NO9/c1-4-6-8-10-12-13-14-15-16-18-20-24-29-35(45)40(49)42-33(31-50-41-39(48)38(47)37(46)36(30-43)51-41)34(44)28-25-21-23-27-32(3)26-22-19-17-11-9-7-5-2/h24-25,27-29,33-39,41,43-48H,4-23,26,30-31H2,1-3H3,(H,42,49)/b28-25+,29-24+,32-27+. The summed E-state index contributed by atoms with van der Waals surface area (Å²) in [4.78, 5) is 12.9. The highest BCUT2D eigenvalue weighted by molar-refractivity contribution is 5.82. The zero-order chi connectivity index (χ0) is 37.7. The second-order valence-electron chi connectivity index (χ2n) is 14.4. The topological polar surface area (TPSA) is 169 Å². The molecule has 10 heteroatoms. The van der Waals surface area contributed by atoms with Crippen LogP contribution < -0.4 is 5.32 Å². The number of carbonyl (C=O) groups excluding carboxylic acids is 1. The average Bonchev–Trinajstić information content (AvgIpc) is 3.12. The minimum absolute atomic E-state index is 0.341. The lowest BCUT2D eigenvalue weighted by atomic mass is 9.99. The van der Waals surface area contributed by atoms with Crippen LogP contribution >= 0.6 is 0 Å². The first kappa shape index (κ1) is 47.4. The molecule has 0 saturated carbocycles. The maximum absolute atomic E-state index is 12.9. The number of aliphatic hydroxyl groups excluding tert-OH is 6. The Kier molecular flexibility index (Phi) is 28.6. The summed E-state index contributed by atoms with van der Waals surface area (Å²) < 4.78 is 11.1. The molecule has 298 valence electrons.